The van der Waals surface area contributed by atoms with Crippen LogP contribution in [0.4, 0.5) is 0 Å². The van der Waals surface area contributed by atoms with E-state index in [1.54, 1.807) is 17.6 Å². The first-order chi connectivity index (χ1) is 7.31. The second-order valence-corrected chi connectivity index (χ2v) is 4.37. The lowest BCUT2D eigenvalue weighted by atomic mass is 10.0. The molecule has 15 heavy (non-hydrogen) atoms. The molecule has 4 heteroatoms. The highest BCUT2D eigenvalue weighted by molar-refractivity contribution is 7.09. The second-order valence-electron chi connectivity index (χ2n) is 3.39. The minimum atomic E-state index is -0.00940. The van der Waals surface area contributed by atoms with Gasteiger partial charge in [-0.2, -0.15) is 0 Å². The van der Waals surface area contributed by atoms with Crippen LogP contribution >= 0.6 is 11.3 Å². The second kappa shape index (κ2) is 4.59. The lowest BCUT2D eigenvalue weighted by Gasteiger charge is -2.09. The van der Waals surface area contributed by atoms with Gasteiger partial charge in [0.2, 0.25) is 0 Å². The molecule has 0 aliphatic heterocycles. The van der Waals surface area contributed by atoms with Gasteiger partial charge < -0.3 is 10.2 Å². The molecular formula is C11H14N2OS. The molecule has 2 aromatic heterocycles. The summed E-state index contributed by atoms with van der Waals surface area (Å²) >= 11 is 1.64. The van der Waals surface area contributed by atoms with Crippen LogP contribution in [0.3, 0.4) is 0 Å². The number of aryl methyl sites for hydroxylation is 1. The zero-order valence-electron chi connectivity index (χ0n) is 8.64. The number of rotatable bonds is 4. The van der Waals surface area contributed by atoms with Crippen LogP contribution in [0.1, 0.15) is 29.3 Å². The maximum absolute atomic E-state index is 6.11. The maximum Gasteiger partial charge on any atom is 0.108 e. The van der Waals surface area contributed by atoms with Crippen molar-refractivity contribution in [2.45, 2.75) is 25.8 Å². The minimum Gasteiger partial charge on any atom is -0.469 e. The molecule has 1 atom stereocenters. The summed E-state index contributed by atoms with van der Waals surface area (Å²) in [5.41, 5.74) is 7.22. The summed E-state index contributed by atoms with van der Waals surface area (Å²) in [4.78, 5) is 4.23. The van der Waals surface area contributed by atoms with Crippen LogP contribution in [-0.2, 0) is 12.8 Å². The highest BCUT2D eigenvalue weighted by Crippen LogP contribution is 2.22. The van der Waals surface area contributed by atoms with Gasteiger partial charge in [-0.15, -0.1) is 11.3 Å². The van der Waals surface area contributed by atoms with Crippen molar-refractivity contribution < 1.29 is 4.42 Å². The topological polar surface area (TPSA) is 52.0 Å². The molecule has 3 nitrogen and oxygen atoms in total. The van der Waals surface area contributed by atoms with E-state index >= 15 is 0 Å². The quantitative estimate of drug-likeness (QED) is 0.864. The molecule has 0 amide bonds. The third kappa shape index (κ3) is 2.27. The van der Waals surface area contributed by atoms with Crippen molar-refractivity contribution in [2.24, 2.45) is 5.73 Å². The molecule has 0 aliphatic carbocycles. The predicted molar refractivity (Wildman–Crippen MR) is 60.8 cm³/mol. The fourth-order valence-corrected chi connectivity index (χ4v) is 2.30. The van der Waals surface area contributed by atoms with Crippen molar-refractivity contribution in [3.8, 4) is 0 Å². The van der Waals surface area contributed by atoms with Crippen molar-refractivity contribution in [1.82, 2.24) is 4.98 Å². The fraction of sp³-hybridized carbons (Fsp3) is 0.364. The fourth-order valence-electron chi connectivity index (χ4n) is 1.62. The normalized spacial score (nSPS) is 12.9. The Bertz CT molecular complexity index is 408. The Morgan fingerprint density at radius 2 is 2.47 bits per heavy atom. The van der Waals surface area contributed by atoms with Crippen molar-refractivity contribution >= 4 is 11.3 Å². The third-order valence-electron chi connectivity index (χ3n) is 2.38. The molecule has 0 saturated heterocycles. The molecule has 0 bridgehead atoms. The van der Waals surface area contributed by atoms with E-state index in [9.17, 15) is 0 Å². The summed E-state index contributed by atoms with van der Waals surface area (Å²) in [7, 11) is 0. The van der Waals surface area contributed by atoms with Gasteiger partial charge >= 0.3 is 0 Å². The smallest absolute Gasteiger partial charge is 0.108 e. The van der Waals surface area contributed by atoms with E-state index in [0.29, 0.717) is 0 Å². The Kier molecular flexibility index (Phi) is 3.18. The molecule has 80 valence electrons. The van der Waals surface area contributed by atoms with Gasteiger partial charge in [-0.3, -0.25) is 0 Å². The lowest BCUT2D eigenvalue weighted by Crippen LogP contribution is -2.13. The molecule has 2 rings (SSSR count). The van der Waals surface area contributed by atoms with Gasteiger partial charge in [0.15, 0.2) is 0 Å². The number of hydrogen-bond acceptors (Lipinski definition) is 4. The molecule has 2 aromatic rings. The number of aromatic nitrogens is 1. The van der Waals surface area contributed by atoms with E-state index < -0.39 is 0 Å². The number of thiazole rings is 1. The summed E-state index contributed by atoms with van der Waals surface area (Å²) in [6.07, 6.45) is 5.18. The molecule has 2 N–H and O–H groups in total. The number of hydrogen-bond donors (Lipinski definition) is 1. The lowest BCUT2D eigenvalue weighted by molar-refractivity contribution is 0.505. The monoisotopic (exact) mass is 222 g/mol. The molecule has 0 aromatic carbocycles. The predicted octanol–water partition coefficient (Wildman–Crippen LogP) is 2.54. The van der Waals surface area contributed by atoms with E-state index in [1.165, 1.54) is 0 Å². The van der Waals surface area contributed by atoms with E-state index in [-0.39, 0.29) is 6.04 Å². The first-order valence-corrected chi connectivity index (χ1v) is 5.89. The zero-order valence-corrected chi connectivity index (χ0v) is 9.46. The van der Waals surface area contributed by atoms with Gasteiger partial charge in [-0.25, -0.2) is 4.98 Å². The van der Waals surface area contributed by atoms with Gasteiger partial charge in [-0.1, -0.05) is 6.92 Å². The molecule has 0 fully saturated rings. The zero-order chi connectivity index (χ0) is 10.7. The van der Waals surface area contributed by atoms with Gasteiger partial charge in [-0.05, 0) is 6.07 Å². The summed E-state index contributed by atoms with van der Waals surface area (Å²) in [5, 5.41) is 3.05. The van der Waals surface area contributed by atoms with Crippen molar-refractivity contribution in [3.05, 3.63) is 40.2 Å². The number of nitrogens with zero attached hydrogens (tertiary/aromatic N) is 1. The Hall–Kier alpha value is -1.13. The first kappa shape index (κ1) is 10.4. The van der Waals surface area contributed by atoms with E-state index in [2.05, 4.69) is 11.9 Å². The summed E-state index contributed by atoms with van der Waals surface area (Å²) in [6.45, 7) is 2.07. The average molecular weight is 222 g/mol. The molecule has 0 aliphatic rings. The van der Waals surface area contributed by atoms with E-state index in [1.807, 2.05) is 17.6 Å². The van der Waals surface area contributed by atoms with E-state index in [4.69, 9.17) is 10.2 Å². The minimum absolute atomic E-state index is 0.00940. The average Bonchev–Trinajstić information content (AvgIpc) is 2.86. The maximum atomic E-state index is 6.11. The van der Waals surface area contributed by atoms with Crippen LogP contribution in [0.15, 0.2) is 28.3 Å². The van der Waals surface area contributed by atoms with E-state index in [0.717, 1.165) is 29.2 Å². The SMILES string of the molecule is CCc1occc1C(N)Cc1nccs1. The standard InChI is InChI=1S/C11H14N2OS/c1-2-10-8(3-5-14-10)9(12)7-11-13-4-6-15-11/h3-6,9H,2,7,12H2,1H3. The molecular weight excluding hydrogens is 208 g/mol. The Balaban J connectivity index is 2.11. The van der Waals surface area contributed by atoms with Crippen LogP contribution in [0.2, 0.25) is 0 Å². The van der Waals surface area contributed by atoms with Crippen LogP contribution in [-0.4, -0.2) is 4.98 Å². The molecule has 0 saturated carbocycles. The molecule has 0 spiro atoms. The molecule has 1 unspecified atom stereocenters. The Labute approximate surface area is 92.9 Å². The van der Waals surface area contributed by atoms with Gasteiger partial charge in [0.05, 0.1) is 11.3 Å². The van der Waals surface area contributed by atoms with Crippen molar-refractivity contribution in [3.63, 3.8) is 0 Å². The third-order valence-corrected chi connectivity index (χ3v) is 3.18. The summed E-state index contributed by atoms with van der Waals surface area (Å²) in [5.74, 6) is 0.985. The Morgan fingerprint density at radius 3 is 3.13 bits per heavy atom. The highest BCUT2D eigenvalue weighted by atomic mass is 32.1. The van der Waals surface area contributed by atoms with Crippen LogP contribution < -0.4 is 5.73 Å². The van der Waals surface area contributed by atoms with Gasteiger partial charge in [0.25, 0.3) is 0 Å². The van der Waals surface area contributed by atoms with Gasteiger partial charge in [0, 0.05) is 36.0 Å². The number of furan rings is 1. The largest absolute Gasteiger partial charge is 0.469 e. The summed E-state index contributed by atoms with van der Waals surface area (Å²) < 4.78 is 5.36. The van der Waals surface area contributed by atoms with Crippen LogP contribution in [0, 0.1) is 0 Å². The highest BCUT2D eigenvalue weighted by Gasteiger charge is 2.14. The van der Waals surface area contributed by atoms with Gasteiger partial charge in [0.1, 0.15) is 5.76 Å². The number of nitrogens with two attached hydrogens (primary N) is 1. The molecule has 0 radical (unpaired) electrons. The Morgan fingerprint density at radius 1 is 1.60 bits per heavy atom. The summed E-state index contributed by atoms with van der Waals surface area (Å²) in [6, 6.07) is 1.95. The van der Waals surface area contributed by atoms with Crippen LogP contribution in [0.25, 0.3) is 0 Å². The van der Waals surface area contributed by atoms with Crippen LogP contribution in [0.5, 0.6) is 0 Å². The van der Waals surface area contributed by atoms with Crippen molar-refractivity contribution in [2.75, 3.05) is 0 Å². The molecule has 2 heterocycles. The first-order valence-electron chi connectivity index (χ1n) is 5.01. The van der Waals surface area contributed by atoms with Crippen molar-refractivity contribution in [1.29, 1.82) is 0 Å².